The predicted molar refractivity (Wildman–Crippen MR) is 183 cm³/mol. The van der Waals surface area contributed by atoms with Crippen molar-refractivity contribution in [2.24, 2.45) is 5.92 Å². The number of nitrogens with one attached hydrogen (secondary N) is 1. The van der Waals surface area contributed by atoms with Gasteiger partial charge >= 0.3 is 0 Å². The molecule has 0 aromatic heterocycles. The molecule has 0 aliphatic rings. The summed E-state index contributed by atoms with van der Waals surface area (Å²) in [7, 11) is -2.73. The second-order valence-electron chi connectivity index (χ2n) is 11.2. The van der Waals surface area contributed by atoms with Gasteiger partial charge in [0.2, 0.25) is 11.8 Å². The lowest BCUT2D eigenvalue weighted by Crippen LogP contribution is -2.53. The fourth-order valence-corrected chi connectivity index (χ4v) is 6.55. The van der Waals surface area contributed by atoms with Crippen LogP contribution in [0.1, 0.15) is 25.0 Å². The minimum absolute atomic E-state index is 0.0208. The molecule has 0 aliphatic carbocycles. The minimum atomic E-state index is -4.28. The topological polar surface area (TPSA) is 96.0 Å². The summed E-state index contributed by atoms with van der Waals surface area (Å²) in [6.07, 6.45) is 0.210. The third-order valence-corrected chi connectivity index (χ3v) is 9.49. The van der Waals surface area contributed by atoms with Crippen LogP contribution in [0.15, 0.2) is 108 Å². The molecule has 8 nitrogen and oxygen atoms in total. The number of nitrogens with zero attached hydrogens (tertiary/aromatic N) is 2. The van der Waals surface area contributed by atoms with E-state index >= 15 is 0 Å². The molecule has 11 heteroatoms. The summed E-state index contributed by atoms with van der Waals surface area (Å²) in [4.78, 5) is 29.8. The lowest BCUT2D eigenvalue weighted by Gasteiger charge is -2.34. The monoisotopic (exact) mass is 681 g/mol. The highest BCUT2D eigenvalue weighted by Crippen LogP contribution is 2.28. The van der Waals surface area contributed by atoms with Crippen molar-refractivity contribution < 1.29 is 22.7 Å². The van der Waals surface area contributed by atoms with Crippen LogP contribution in [-0.4, -0.2) is 51.4 Å². The van der Waals surface area contributed by atoms with Gasteiger partial charge in [-0.1, -0.05) is 85.6 Å². The Labute approximate surface area is 280 Å². The van der Waals surface area contributed by atoms with Gasteiger partial charge in [-0.15, -0.1) is 0 Å². The summed E-state index contributed by atoms with van der Waals surface area (Å²) in [6, 6.07) is 27.6. The van der Waals surface area contributed by atoms with E-state index in [9.17, 15) is 18.0 Å². The normalized spacial score (nSPS) is 12.0. The largest absolute Gasteiger partial charge is 0.497 e. The Morgan fingerprint density at radius 2 is 1.50 bits per heavy atom. The number of benzene rings is 4. The van der Waals surface area contributed by atoms with Crippen LogP contribution in [0.2, 0.25) is 10.0 Å². The zero-order valence-corrected chi connectivity index (χ0v) is 28.2. The molecule has 0 heterocycles. The number of halogens is 2. The highest BCUT2D eigenvalue weighted by Gasteiger charge is 2.34. The molecule has 4 aromatic rings. The highest BCUT2D eigenvalue weighted by molar-refractivity contribution is 7.92. The summed E-state index contributed by atoms with van der Waals surface area (Å²) >= 11 is 12.3. The Balaban J connectivity index is 1.81. The van der Waals surface area contributed by atoms with Crippen LogP contribution >= 0.6 is 23.2 Å². The molecule has 1 unspecified atom stereocenters. The molecule has 1 N–H and O–H groups in total. The van der Waals surface area contributed by atoms with Crippen LogP contribution in [-0.2, 0) is 32.6 Å². The van der Waals surface area contributed by atoms with E-state index in [-0.39, 0.29) is 35.4 Å². The molecule has 4 aromatic carbocycles. The average molecular weight is 683 g/mol. The molecule has 0 bridgehead atoms. The summed E-state index contributed by atoms with van der Waals surface area (Å²) in [5.41, 5.74) is 1.74. The molecule has 0 radical (unpaired) electrons. The van der Waals surface area contributed by atoms with Gasteiger partial charge in [0.1, 0.15) is 18.3 Å². The number of carbonyl (C=O) groups excluding carboxylic acids is 2. The fourth-order valence-electron chi connectivity index (χ4n) is 4.84. The van der Waals surface area contributed by atoms with Crippen LogP contribution in [0.3, 0.4) is 0 Å². The second-order valence-corrected chi connectivity index (χ2v) is 13.9. The van der Waals surface area contributed by atoms with Crippen LogP contribution in [0.4, 0.5) is 5.69 Å². The predicted octanol–water partition coefficient (Wildman–Crippen LogP) is 6.61. The quantitative estimate of drug-likeness (QED) is 0.162. The maximum Gasteiger partial charge on any atom is 0.264 e. The molecule has 4 rings (SSSR count). The van der Waals surface area contributed by atoms with Gasteiger partial charge in [-0.25, -0.2) is 8.42 Å². The number of anilines is 1. The van der Waals surface area contributed by atoms with Gasteiger partial charge in [0.15, 0.2) is 0 Å². The average Bonchev–Trinajstić information content (AvgIpc) is 3.04. The number of hydrogen-bond acceptors (Lipinski definition) is 5. The maximum absolute atomic E-state index is 14.5. The molecule has 0 aliphatic heterocycles. The number of carbonyl (C=O) groups is 2. The lowest BCUT2D eigenvalue weighted by molar-refractivity contribution is -0.140. The van der Waals surface area contributed by atoms with E-state index in [4.69, 9.17) is 27.9 Å². The van der Waals surface area contributed by atoms with Crippen LogP contribution in [0.5, 0.6) is 5.75 Å². The highest BCUT2D eigenvalue weighted by atomic mass is 35.5. The number of amides is 2. The van der Waals surface area contributed by atoms with Crippen molar-refractivity contribution in [3.05, 3.63) is 124 Å². The van der Waals surface area contributed by atoms with E-state index in [0.717, 1.165) is 9.87 Å². The first-order valence-corrected chi connectivity index (χ1v) is 17.0. The molecule has 0 saturated heterocycles. The number of ether oxygens (including phenoxy) is 1. The van der Waals surface area contributed by atoms with Gasteiger partial charge in [-0.2, -0.15) is 0 Å². The molecule has 46 heavy (non-hydrogen) atoms. The first kappa shape index (κ1) is 34.8. The smallest absolute Gasteiger partial charge is 0.264 e. The van der Waals surface area contributed by atoms with Gasteiger partial charge in [-0.05, 0) is 71.6 Å². The Morgan fingerprint density at radius 3 is 2.15 bits per heavy atom. The second kappa shape index (κ2) is 16.0. The van der Waals surface area contributed by atoms with Crippen molar-refractivity contribution in [3.63, 3.8) is 0 Å². The summed E-state index contributed by atoms with van der Waals surface area (Å²) < 4.78 is 34.6. The Bertz CT molecular complexity index is 1730. The summed E-state index contributed by atoms with van der Waals surface area (Å²) in [6.45, 7) is 3.79. The van der Waals surface area contributed by atoms with E-state index in [1.54, 1.807) is 43.5 Å². The molecule has 0 fully saturated rings. The van der Waals surface area contributed by atoms with Crippen molar-refractivity contribution >= 4 is 50.7 Å². The standard InChI is InChI=1S/C35H37Cl2N3O5S/c1-25(2)22-38-35(42)33(20-26-9-5-4-6-10-26)39(23-27-11-7-14-31(19-27)45-3)34(41)24-40(30-13-8-12-29(37)21-30)46(43,44)32-17-15-28(36)16-18-32/h4-19,21,25,33H,20,22-24H2,1-3H3,(H,38,42). The van der Waals surface area contributed by atoms with E-state index in [2.05, 4.69) is 5.32 Å². The first-order chi connectivity index (χ1) is 22.0. The van der Waals surface area contributed by atoms with Crippen molar-refractivity contribution in [2.45, 2.75) is 37.8 Å². The molecular weight excluding hydrogens is 645 g/mol. The Morgan fingerprint density at radius 1 is 0.826 bits per heavy atom. The van der Waals surface area contributed by atoms with Crippen LogP contribution in [0.25, 0.3) is 0 Å². The van der Waals surface area contributed by atoms with Crippen molar-refractivity contribution in [1.82, 2.24) is 10.2 Å². The Hall–Kier alpha value is -4.05. The molecule has 1 atom stereocenters. The molecular formula is C35H37Cl2N3O5S. The van der Waals surface area contributed by atoms with E-state index < -0.39 is 28.5 Å². The molecule has 0 saturated carbocycles. The van der Waals surface area contributed by atoms with E-state index in [1.165, 1.54) is 35.2 Å². The van der Waals surface area contributed by atoms with E-state index in [0.29, 0.717) is 27.9 Å². The van der Waals surface area contributed by atoms with Crippen molar-refractivity contribution in [3.8, 4) is 5.75 Å². The lowest BCUT2D eigenvalue weighted by atomic mass is 10.0. The van der Waals surface area contributed by atoms with Gasteiger partial charge < -0.3 is 15.0 Å². The van der Waals surface area contributed by atoms with Gasteiger partial charge in [0.25, 0.3) is 10.0 Å². The summed E-state index contributed by atoms with van der Waals surface area (Å²) in [5, 5.41) is 3.64. The zero-order valence-electron chi connectivity index (χ0n) is 25.9. The van der Waals surface area contributed by atoms with Crippen molar-refractivity contribution in [2.75, 3.05) is 24.5 Å². The first-order valence-electron chi connectivity index (χ1n) is 14.8. The fraction of sp³-hybridized carbons (Fsp3) is 0.257. The zero-order chi connectivity index (χ0) is 33.3. The molecule has 242 valence electrons. The number of hydrogen-bond donors (Lipinski definition) is 1. The number of rotatable bonds is 14. The molecule has 2 amide bonds. The van der Waals surface area contributed by atoms with Gasteiger partial charge in [0.05, 0.1) is 17.7 Å². The Kier molecular flexibility index (Phi) is 12.1. The third-order valence-electron chi connectivity index (χ3n) is 7.22. The number of sulfonamides is 1. The third kappa shape index (κ3) is 9.25. The van der Waals surface area contributed by atoms with E-state index in [1.807, 2.05) is 50.2 Å². The van der Waals surface area contributed by atoms with Crippen molar-refractivity contribution in [1.29, 1.82) is 0 Å². The van der Waals surface area contributed by atoms with Gasteiger partial charge in [-0.3, -0.25) is 13.9 Å². The van der Waals surface area contributed by atoms with Crippen LogP contribution in [0, 0.1) is 5.92 Å². The van der Waals surface area contributed by atoms with Gasteiger partial charge in [0, 0.05) is 29.6 Å². The maximum atomic E-state index is 14.5. The number of methoxy groups -OCH3 is 1. The SMILES string of the molecule is COc1cccc(CN(C(=O)CN(c2cccc(Cl)c2)S(=O)(=O)c2ccc(Cl)cc2)C(Cc2ccccc2)C(=O)NCC(C)C)c1. The summed E-state index contributed by atoms with van der Waals surface area (Å²) in [5.74, 6) is -0.170. The molecule has 0 spiro atoms. The van der Waals surface area contributed by atoms with Crippen LogP contribution < -0.4 is 14.4 Å². The minimum Gasteiger partial charge on any atom is -0.497 e.